The molecule has 0 heterocycles. The van der Waals surface area contributed by atoms with Crippen LogP contribution in [0.4, 0.5) is 5.69 Å². The number of rotatable bonds is 9. The Labute approximate surface area is 260 Å². The first-order valence-electron chi connectivity index (χ1n) is 14.2. The Morgan fingerprint density at radius 3 is 1.93 bits per heavy atom. The van der Waals surface area contributed by atoms with E-state index in [1.165, 1.54) is 5.56 Å². The lowest BCUT2D eigenvalue weighted by atomic mass is 9.78. The van der Waals surface area contributed by atoms with Gasteiger partial charge in [-0.05, 0) is 29.0 Å². The van der Waals surface area contributed by atoms with Crippen molar-refractivity contribution in [3.8, 4) is 5.75 Å². The lowest BCUT2D eigenvalue weighted by molar-refractivity contribution is -0.903. The molecule has 0 saturated heterocycles. The number of hydrogen-bond donors (Lipinski definition) is 1. The second-order valence-corrected chi connectivity index (χ2v) is 14.8. The summed E-state index contributed by atoms with van der Waals surface area (Å²) in [5.41, 5.74) is 2.37. The summed E-state index contributed by atoms with van der Waals surface area (Å²) in [7, 11) is -0.224. The Hall–Kier alpha value is -3.80. The van der Waals surface area contributed by atoms with Crippen LogP contribution in [0.25, 0.3) is 0 Å². The summed E-state index contributed by atoms with van der Waals surface area (Å²) in [6.45, 7) is 14.5. The number of ether oxygens (including phenoxy) is 1. The van der Waals surface area contributed by atoms with E-state index in [0.717, 1.165) is 59.4 Å². The third kappa shape index (κ3) is 11.0. The van der Waals surface area contributed by atoms with Crippen LogP contribution in [-0.4, -0.2) is 60.7 Å². The molecule has 3 aromatic carbocycles. The van der Waals surface area contributed by atoms with Gasteiger partial charge in [0.2, 0.25) is 0 Å². The van der Waals surface area contributed by atoms with Crippen LogP contribution in [0.5, 0.6) is 5.75 Å². The summed E-state index contributed by atoms with van der Waals surface area (Å²) in [6, 6.07) is 18.0. The molecule has 0 aliphatic heterocycles. The van der Waals surface area contributed by atoms with Crippen LogP contribution in [0.1, 0.15) is 75.0 Å². The summed E-state index contributed by atoms with van der Waals surface area (Å²) in [4.78, 5) is 21.6. The van der Waals surface area contributed by atoms with Crippen molar-refractivity contribution in [1.82, 2.24) is 0 Å². The van der Waals surface area contributed by atoms with Gasteiger partial charge in [0.25, 0.3) is 5.69 Å². The zero-order valence-corrected chi connectivity index (χ0v) is 27.6. The van der Waals surface area contributed by atoms with Gasteiger partial charge >= 0.3 is 5.97 Å². The van der Waals surface area contributed by atoms with E-state index in [1.807, 2.05) is 47.6 Å². The standard InChI is InChI=1S/C27H39NO3.C6H5NO5S/c1-26(2,3)22-17-21(18-23(24(22)29)27(4,5)6)25(30)31-16-12-15-28(7,8)19-20-13-10-9-11-14-20;8-7(9)5-2-1-3-6(4-5)13(10,11)12/h9-11,13-14,17-18H,12,15-16,19H2,1-8H3;1-4H,(H,10,11,12). The van der Waals surface area contributed by atoms with Crippen LogP contribution in [0, 0.1) is 10.1 Å². The predicted octanol–water partition coefficient (Wildman–Crippen LogP) is 6.31. The number of phenols is 1. The molecule has 0 unspecified atom stereocenters. The third-order valence-corrected chi connectivity index (χ3v) is 7.70. The molecule has 0 aliphatic rings. The number of benzene rings is 3. The van der Waals surface area contributed by atoms with Crippen molar-refractivity contribution in [1.29, 1.82) is 0 Å². The van der Waals surface area contributed by atoms with E-state index in [9.17, 15) is 33.0 Å². The van der Waals surface area contributed by atoms with Gasteiger partial charge in [0.05, 0.1) is 42.6 Å². The van der Waals surface area contributed by atoms with Gasteiger partial charge in [-0.15, -0.1) is 0 Å². The molecular weight excluding hydrogens is 584 g/mol. The van der Waals surface area contributed by atoms with Crippen LogP contribution in [0.2, 0.25) is 0 Å². The van der Waals surface area contributed by atoms with Crippen LogP contribution in [0.3, 0.4) is 0 Å². The van der Waals surface area contributed by atoms with Crippen LogP contribution in [0.15, 0.2) is 71.6 Å². The smallest absolute Gasteiger partial charge is 0.338 e. The Bertz CT molecular complexity index is 1520. The summed E-state index contributed by atoms with van der Waals surface area (Å²) in [6.07, 6.45) is 0.794. The molecular formula is C33H44N2O8S. The number of aromatic hydroxyl groups is 1. The van der Waals surface area contributed by atoms with Gasteiger partial charge in [-0.2, -0.15) is 0 Å². The molecule has 44 heavy (non-hydrogen) atoms. The average Bonchev–Trinajstić information content (AvgIpc) is 2.90. The third-order valence-electron chi connectivity index (χ3n) is 6.87. The molecule has 0 bridgehead atoms. The fraction of sp³-hybridized carbons (Fsp3) is 0.424. The van der Waals surface area contributed by atoms with Gasteiger partial charge in [0, 0.05) is 35.2 Å². The van der Waals surface area contributed by atoms with Gasteiger partial charge in [-0.3, -0.25) is 10.1 Å². The fourth-order valence-electron chi connectivity index (χ4n) is 4.55. The molecule has 0 fully saturated rings. The van der Waals surface area contributed by atoms with E-state index in [-0.39, 0.29) is 22.5 Å². The van der Waals surface area contributed by atoms with E-state index in [2.05, 4.69) is 38.4 Å². The first-order chi connectivity index (χ1) is 20.1. The number of hydrogen-bond acceptors (Lipinski definition) is 8. The van der Waals surface area contributed by atoms with Gasteiger partial charge in [-0.1, -0.05) is 77.9 Å². The van der Waals surface area contributed by atoms with Crippen LogP contribution >= 0.6 is 0 Å². The maximum atomic E-state index is 12.8. The van der Waals surface area contributed by atoms with E-state index >= 15 is 0 Å². The van der Waals surface area contributed by atoms with E-state index in [1.54, 1.807) is 12.1 Å². The van der Waals surface area contributed by atoms with Crippen LogP contribution in [-0.2, 0) is 32.2 Å². The SMILES string of the molecule is CC(C)(C)c1cc(C(=O)OCCC[N+](C)(C)Cc2ccccc2)cc(C(C)(C)C)c1O.O=[N+]([O-])c1cccc(S(=O)(=O)[O-])c1. The number of nitro groups is 1. The average molecular weight is 629 g/mol. The lowest BCUT2D eigenvalue weighted by Crippen LogP contribution is -2.40. The topological polar surface area (TPSA) is 147 Å². The van der Waals surface area contributed by atoms with Crippen molar-refractivity contribution in [2.45, 2.75) is 70.2 Å². The largest absolute Gasteiger partial charge is 0.744 e. The zero-order chi connectivity index (χ0) is 33.5. The van der Waals surface area contributed by atoms with Crippen molar-refractivity contribution in [2.24, 2.45) is 0 Å². The van der Waals surface area contributed by atoms with E-state index < -0.39 is 25.6 Å². The highest BCUT2D eigenvalue weighted by Gasteiger charge is 2.28. The second kappa shape index (κ2) is 14.3. The first-order valence-corrected chi connectivity index (χ1v) is 15.6. The Morgan fingerprint density at radius 2 is 1.45 bits per heavy atom. The number of quaternary nitrogens is 1. The minimum Gasteiger partial charge on any atom is -0.744 e. The number of carbonyl (C=O) groups is 1. The zero-order valence-electron chi connectivity index (χ0n) is 26.8. The molecule has 0 amide bonds. The summed E-state index contributed by atoms with van der Waals surface area (Å²) >= 11 is 0. The minimum atomic E-state index is -4.61. The molecule has 1 N–H and O–H groups in total. The predicted molar refractivity (Wildman–Crippen MR) is 169 cm³/mol. The van der Waals surface area contributed by atoms with Crippen molar-refractivity contribution >= 4 is 21.8 Å². The number of non-ortho nitro benzene ring substituents is 1. The monoisotopic (exact) mass is 628 g/mol. The van der Waals surface area contributed by atoms with Crippen molar-refractivity contribution in [3.05, 3.63) is 99.1 Å². The summed E-state index contributed by atoms with van der Waals surface area (Å²) < 4.78 is 37.7. The quantitative estimate of drug-likeness (QED) is 0.0724. The fourth-order valence-corrected chi connectivity index (χ4v) is 5.06. The number of nitro benzene ring substituents is 1. The molecule has 0 aromatic heterocycles. The maximum Gasteiger partial charge on any atom is 0.338 e. The Morgan fingerprint density at radius 1 is 0.909 bits per heavy atom. The second-order valence-electron chi connectivity index (χ2n) is 13.4. The Balaban J connectivity index is 0.000000432. The maximum absolute atomic E-state index is 12.8. The summed E-state index contributed by atoms with van der Waals surface area (Å²) in [5, 5.41) is 21.0. The lowest BCUT2D eigenvalue weighted by Gasteiger charge is -2.30. The molecule has 3 aromatic rings. The molecule has 0 spiro atoms. The van der Waals surface area contributed by atoms with E-state index in [0.29, 0.717) is 12.2 Å². The van der Waals surface area contributed by atoms with Gasteiger partial charge in [-0.25, -0.2) is 13.2 Å². The highest BCUT2D eigenvalue weighted by Crippen LogP contribution is 2.40. The van der Waals surface area contributed by atoms with Gasteiger partial charge in [0.1, 0.15) is 22.4 Å². The molecule has 240 valence electrons. The van der Waals surface area contributed by atoms with Crippen molar-refractivity contribution in [3.63, 3.8) is 0 Å². The molecule has 0 aliphatic carbocycles. The van der Waals surface area contributed by atoms with Crippen molar-refractivity contribution in [2.75, 3.05) is 27.2 Å². The molecule has 3 rings (SSSR count). The minimum absolute atomic E-state index is 0.275. The number of esters is 1. The van der Waals surface area contributed by atoms with Crippen molar-refractivity contribution < 1.29 is 37.0 Å². The normalized spacial score (nSPS) is 12.2. The Kier molecular flexibility index (Phi) is 11.8. The highest BCUT2D eigenvalue weighted by atomic mass is 32.2. The molecule has 0 saturated carbocycles. The molecule has 11 heteroatoms. The highest BCUT2D eigenvalue weighted by molar-refractivity contribution is 7.85. The molecule has 10 nitrogen and oxygen atoms in total. The van der Waals surface area contributed by atoms with Gasteiger partial charge < -0.3 is 18.9 Å². The van der Waals surface area contributed by atoms with Crippen LogP contribution < -0.4 is 0 Å². The first kappa shape index (κ1) is 36.4. The van der Waals surface area contributed by atoms with E-state index in [4.69, 9.17) is 4.74 Å². The number of nitrogens with zero attached hydrogens (tertiary/aromatic N) is 2. The van der Waals surface area contributed by atoms with Gasteiger partial charge in [0.15, 0.2) is 0 Å². The number of carbonyl (C=O) groups excluding carboxylic acids is 1. The molecule has 0 radical (unpaired) electrons. The number of phenolic OH excluding ortho intramolecular Hbond substituents is 1. The molecule has 0 atom stereocenters. The summed E-state index contributed by atoms with van der Waals surface area (Å²) in [5.74, 6) is -0.0547.